The molecule has 0 aromatic rings. The molecule has 4 N–H and O–H groups in total. The third-order valence-electron chi connectivity index (χ3n) is 11.9. The molecule has 2 saturated heterocycles. The third-order valence-corrected chi connectivity index (χ3v) is 11.9. The maximum atomic E-state index is 12.5. The molecule has 5 fully saturated rings. The molecule has 1 spiro atoms. The Hall–Kier alpha value is -1.52. The molecule has 12 atom stereocenters. The van der Waals surface area contributed by atoms with Crippen molar-refractivity contribution in [1.29, 1.82) is 0 Å². The van der Waals surface area contributed by atoms with Crippen LogP contribution in [0.4, 0.5) is 0 Å². The maximum absolute atomic E-state index is 12.5. The first-order valence-corrected chi connectivity index (χ1v) is 14.2. The standard InChI is InChI=1S/C29H42O9/c1-14-10-17(36-24(14)33)23(32)15(2)16-11-20(30)29(35)19-7-6-18-25(3,4)37-21-12-22(31)38-28(18,21)13-27(19,34)9-8-26(16,29)5/h10,15-21,23,30,32,34-35H,6-9,11-13H2,1-5H3/t15-,16+,17-,18-,19+,20-,21+,23-,26+,27-,28+,29+/m0/s1. The molecule has 0 aromatic heterocycles. The number of hydrogen-bond donors (Lipinski definition) is 4. The zero-order valence-corrected chi connectivity index (χ0v) is 23.0. The molecule has 9 heteroatoms. The fourth-order valence-electron chi connectivity index (χ4n) is 9.99. The van der Waals surface area contributed by atoms with Crippen LogP contribution in [0.1, 0.15) is 79.6 Å². The van der Waals surface area contributed by atoms with Crippen LogP contribution >= 0.6 is 0 Å². The first-order valence-electron chi connectivity index (χ1n) is 14.2. The predicted octanol–water partition coefficient (Wildman–Crippen LogP) is 1.78. The second-order valence-electron chi connectivity index (χ2n) is 14.0. The van der Waals surface area contributed by atoms with Crippen LogP contribution in [0.15, 0.2) is 11.6 Å². The summed E-state index contributed by atoms with van der Waals surface area (Å²) < 4.78 is 17.7. The third kappa shape index (κ3) is 3.22. The molecule has 6 rings (SSSR count). The summed E-state index contributed by atoms with van der Waals surface area (Å²) in [6.45, 7) is 9.50. The van der Waals surface area contributed by atoms with Gasteiger partial charge in [0.25, 0.3) is 0 Å². The first-order chi connectivity index (χ1) is 17.6. The average molecular weight is 535 g/mol. The molecule has 0 unspecified atom stereocenters. The molecule has 3 aliphatic heterocycles. The predicted molar refractivity (Wildman–Crippen MR) is 133 cm³/mol. The monoisotopic (exact) mass is 534 g/mol. The summed E-state index contributed by atoms with van der Waals surface area (Å²) in [5.74, 6) is -2.20. The molecule has 212 valence electrons. The highest BCUT2D eigenvalue weighted by molar-refractivity contribution is 5.90. The molecular formula is C29H42O9. The summed E-state index contributed by atoms with van der Waals surface area (Å²) in [6, 6.07) is 0. The summed E-state index contributed by atoms with van der Waals surface area (Å²) in [4.78, 5) is 24.4. The number of carbonyl (C=O) groups excluding carboxylic acids is 2. The number of cyclic esters (lactones) is 1. The number of hydrogen-bond acceptors (Lipinski definition) is 9. The highest BCUT2D eigenvalue weighted by Gasteiger charge is 2.76. The number of ether oxygens (including phenoxy) is 3. The Labute approximate surface area is 223 Å². The lowest BCUT2D eigenvalue weighted by atomic mass is 9.50. The SMILES string of the molecule is CC1=C[C@@H]([C@@H](O)[C@@H](C)[C@H]2C[C@H](O)[C@]3(O)[C@@H]4CC[C@H]5C(C)(C)O[C@@H]6CC(=O)O[C@@]65C[C@@]4(O)CC[C@]23C)OC1=O. The van der Waals surface area contributed by atoms with Crippen LogP contribution in [-0.2, 0) is 23.8 Å². The number of carbonyl (C=O) groups is 2. The van der Waals surface area contributed by atoms with Gasteiger partial charge in [-0.05, 0) is 70.8 Å². The van der Waals surface area contributed by atoms with Gasteiger partial charge < -0.3 is 34.6 Å². The lowest BCUT2D eigenvalue weighted by Gasteiger charge is -2.59. The van der Waals surface area contributed by atoms with Gasteiger partial charge in [-0.2, -0.15) is 0 Å². The van der Waals surface area contributed by atoms with Gasteiger partial charge in [0.05, 0.1) is 29.8 Å². The van der Waals surface area contributed by atoms with Crippen LogP contribution in [0.3, 0.4) is 0 Å². The summed E-state index contributed by atoms with van der Waals surface area (Å²) >= 11 is 0. The van der Waals surface area contributed by atoms with Gasteiger partial charge in [-0.25, -0.2) is 4.79 Å². The van der Waals surface area contributed by atoms with Gasteiger partial charge >= 0.3 is 11.9 Å². The summed E-state index contributed by atoms with van der Waals surface area (Å²) in [7, 11) is 0. The Morgan fingerprint density at radius 3 is 2.42 bits per heavy atom. The van der Waals surface area contributed by atoms with Crippen LogP contribution in [0, 0.1) is 29.1 Å². The Balaban J connectivity index is 1.34. The molecular weight excluding hydrogens is 492 g/mol. The van der Waals surface area contributed by atoms with E-state index < -0.39 is 64.1 Å². The smallest absolute Gasteiger partial charge is 0.334 e. The second-order valence-corrected chi connectivity index (χ2v) is 14.0. The highest BCUT2D eigenvalue weighted by Crippen LogP contribution is 2.69. The van der Waals surface area contributed by atoms with Crippen molar-refractivity contribution in [2.75, 3.05) is 0 Å². The fourth-order valence-corrected chi connectivity index (χ4v) is 9.99. The van der Waals surface area contributed by atoms with Crippen molar-refractivity contribution in [2.45, 2.75) is 126 Å². The van der Waals surface area contributed by atoms with E-state index in [1.807, 2.05) is 27.7 Å². The largest absolute Gasteiger partial charge is 0.456 e. The summed E-state index contributed by atoms with van der Waals surface area (Å²) in [6.07, 6.45) is 0.770. The first kappa shape index (κ1) is 26.7. The molecule has 0 bridgehead atoms. The van der Waals surface area contributed by atoms with Crippen LogP contribution in [-0.4, -0.2) is 79.2 Å². The number of aliphatic hydroxyl groups excluding tert-OH is 2. The molecule has 0 amide bonds. The highest BCUT2D eigenvalue weighted by atomic mass is 16.6. The molecule has 0 radical (unpaired) electrons. The molecule has 9 nitrogen and oxygen atoms in total. The zero-order valence-electron chi connectivity index (χ0n) is 23.0. The topological polar surface area (TPSA) is 143 Å². The minimum absolute atomic E-state index is 0.141. The van der Waals surface area contributed by atoms with Crippen molar-refractivity contribution in [3.63, 3.8) is 0 Å². The van der Waals surface area contributed by atoms with E-state index in [0.29, 0.717) is 31.3 Å². The minimum atomic E-state index is -1.60. The second kappa shape index (κ2) is 8.03. The van der Waals surface area contributed by atoms with E-state index in [0.717, 1.165) is 0 Å². The van der Waals surface area contributed by atoms with Gasteiger partial charge in [0, 0.05) is 29.2 Å². The van der Waals surface area contributed by atoms with E-state index in [1.54, 1.807) is 13.0 Å². The van der Waals surface area contributed by atoms with Crippen LogP contribution in [0.5, 0.6) is 0 Å². The van der Waals surface area contributed by atoms with Crippen molar-refractivity contribution < 1.29 is 44.2 Å². The lowest BCUT2D eigenvalue weighted by molar-refractivity contribution is -0.254. The molecule has 3 saturated carbocycles. The van der Waals surface area contributed by atoms with Crippen molar-refractivity contribution >= 4 is 11.9 Å². The van der Waals surface area contributed by atoms with Crippen LogP contribution < -0.4 is 0 Å². The van der Waals surface area contributed by atoms with Gasteiger partial charge in [-0.3, -0.25) is 4.79 Å². The molecule has 3 aliphatic carbocycles. The maximum Gasteiger partial charge on any atom is 0.334 e. The molecule has 0 aromatic carbocycles. The lowest BCUT2D eigenvalue weighted by Crippen LogP contribution is -2.67. The van der Waals surface area contributed by atoms with Gasteiger partial charge in [-0.1, -0.05) is 13.8 Å². The molecule has 38 heavy (non-hydrogen) atoms. The van der Waals surface area contributed by atoms with Crippen LogP contribution in [0.2, 0.25) is 0 Å². The molecule has 6 aliphatic rings. The van der Waals surface area contributed by atoms with Gasteiger partial charge in [0.15, 0.2) is 0 Å². The van der Waals surface area contributed by atoms with E-state index >= 15 is 0 Å². The van der Waals surface area contributed by atoms with E-state index in [4.69, 9.17) is 14.2 Å². The number of fused-ring (bicyclic) bond motifs is 3. The van der Waals surface area contributed by atoms with E-state index in [1.165, 1.54) is 0 Å². The molecule has 3 heterocycles. The Morgan fingerprint density at radius 2 is 1.76 bits per heavy atom. The number of rotatable bonds is 3. The number of esters is 2. The van der Waals surface area contributed by atoms with Crippen molar-refractivity contribution in [3.8, 4) is 0 Å². The normalized spacial score (nSPS) is 52.6. The Bertz CT molecular complexity index is 1090. The van der Waals surface area contributed by atoms with E-state index in [2.05, 4.69) is 0 Å². The minimum Gasteiger partial charge on any atom is -0.456 e. The van der Waals surface area contributed by atoms with Gasteiger partial charge in [0.2, 0.25) is 0 Å². The summed E-state index contributed by atoms with van der Waals surface area (Å²) in [5, 5.41) is 47.6. The van der Waals surface area contributed by atoms with Crippen LogP contribution in [0.25, 0.3) is 0 Å². The van der Waals surface area contributed by atoms with Crippen molar-refractivity contribution in [2.24, 2.45) is 29.1 Å². The summed E-state index contributed by atoms with van der Waals surface area (Å²) in [5.41, 5.74) is -4.79. The Kier molecular flexibility index (Phi) is 5.64. The van der Waals surface area contributed by atoms with Gasteiger partial charge in [0.1, 0.15) is 23.4 Å². The number of aliphatic hydroxyl groups is 4. The quantitative estimate of drug-likeness (QED) is 0.399. The van der Waals surface area contributed by atoms with E-state index in [-0.39, 0.29) is 43.0 Å². The fraction of sp³-hybridized carbons (Fsp3) is 0.862. The zero-order chi connectivity index (χ0) is 27.6. The Morgan fingerprint density at radius 1 is 1.08 bits per heavy atom. The van der Waals surface area contributed by atoms with E-state index in [9.17, 15) is 30.0 Å². The van der Waals surface area contributed by atoms with Crippen molar-refractivity contribution in [3.05, 3.63) is 11.6 Å². The average Bonchev–Trinajstić information content (AvgIpc) is 3.40. The van der Waals surface area contributed by atoms with Crippen molar-refractivity contribution in [1.82, 2.24) is 0 Å². The van der Waals surface area contributed by atoms with Gasteiger partial charge in [-0.15, -0.1) is 0 Å².